The van der Waals surface area contributed by atoms with E-state index in [2.05, 4.69) is 57.8 Å². The summed E-state index contributed by atoms with van der Waals surface area (Å²) in [5.74, 6) is -0.682. The van der Waals surface area contributed by atoms with Crippen LogP contribution < -0.4 is 14.9 Å². The van der Waals surface area contributed by atoms with Crippen molar-refractivity contribution in [3.05, 3.63) is 119 Å². The van der Waals surface area contributed by atoms with E-state index in [4.69, 9.17) is 21.1 Å². The van der Waals surface area contributed by atoms with Crippen molar-refractivity contribution in [1.29, 1.82) is 0 Å². The number of allylic oxidation sites excluding steroid dienone is 1. The Hall–Kier alpha value is -4.87. The van der Waals surface area contributed by atoms with Gasteiger partial charge in [-0.25, -0.2) is 26.4 Å². The molecular formula is C59H77ClF3N7O8S3. The first-order chi connectivity index (χ1) is 38.3. The van der Waals surface area contributed by atoms with Gasteiger partial charge in [-0.3, -0.25) is 14.6 Å². The number of rotatable bonds is 18. The molecule has 3 saturated heterocycles. The minimum Gasteiger partial charge on any atom is -0.444 e. The van der Waals surface area contributed by atoms with Crippen molar-refractivity contribution in [1.82, 2.24) is 24.3 Å². The molecule has 15 nitrogen and oxygen atoms in total. The van der Waals surface area contributed by atoms with Crippen molar-refractivity contribution in [2.24, 2.45) is 5.41 Å². The van der Waals surface area contributed by atoms with Gasteiger partial charge in [0, 0.05) is 124 Å². The third kappa shape index (κ3) is 16.5. The number of piperazine rings is 2. The summed E-state index contributed by atoms with van der Waals surface area (Å²) in [6, 6.07) is 25.8. The smallest absolute Gasteiger partial charge is 0.444 e. The molecule has 8 rings (SSSR count). The predicted molar refractivity (Wildman–Crippen MR) is 314 cm³/mol. The molecule has 3 heterocycles. The predicted octanol–water partition coefficient (Wildman–Crippen LogP) is 10.5. The van der Waals surface area contributed by atoms with Gasteiger partial charge in [0.2, 0.25) is 0 Å². The second kappa shape index (κ2) is 26.4. The van der Waals surface area contributed by atoms with Crippen LogP contribution in [0.25, 0.3) is 5.57 Å². The average molecular weight is 1200 g/mol. The zero-order valence-corrected chi connectivity index (χ0v) is 50.3. The van der Waals surface area contributed by atoms with Crippen LogP contribution in [0.2, 0.25) is 5.02 Å². The summed E-state index contributed by atoms with van der Waals surface area (Å²) in [7, 11) is -11.0. The number of amides is 2. The van der Waals surface area contributed by atoms with E-state index < -0.39 is 58.4 Å². The summed E-state index contributed by atoms with van der Waals surface area (Å²) in [5.41, 5.74) is -2.01. The summed E-state index contributed by atoms with van der Waals surface area (Å²) in [5, 5.41) is 3.70. The molecule has 4 aromatic rings. The summed E-state index contributed by atoms with van der Waals surface area (Å²) in [4.78, 5) is 36.8. The number of thioether (sulfide) groups is 1. The number of halogens is 4. The molecule has 81 heavy (non-hydrogen) atoms. The standard InChI is InChI=1S/C59H77ClF3N7O8S3/c1-42-37-68(38-43(2)70(42)56(72)78-57(3,4)5)41-58(6)25-23-52(44-13-17-47(60)18-14-44)46(36-58)39-67-28-30-69(31-29-67)49-19-15-45(16-20-49)55(71)65-81(75,76)51-21-22-53(54(35-51)80(73,74)59(61,62)63)64-48(40-79-50-11-8-7-9-12-50)24-27-66-26-10-33-77-34-32-66/h7-9,11-22,35,42-43,48,64H,10,23-34,36-41H2,1-6H3,(H,65,71). The summed E-state index contributed by atoms with van der Waals surface area (Å²) in [6.45, 7) is 21.5. The number of benzene rings is 4. The number of nitrogens with zero attached hydrogens (tertiary/aromatic N) is 5. The van der Waals surface area contributed by atoms with Crippen LogP contribution in [0, 0.1) is 5.41 Å². The first-order valence-electron chi connectivity index (χ1n) is 27.8. The van der Waals surface area contributed by atoms with Crippen LogP contribution in [0.15, 0.2) is 117 Å². The number of sulfone groups is 1. The van der Waals surface area contributed by atoms with Crippen LogP contribution in [0.4, 0.5) is 29.3 Å². The second-order valence-corrected chi connectivity index (χ2v) is 28.4. The molecule has 0 spiro atoms. The molecule has 22 heteroatoms. The van der Waals surface area contributed by atoms with Crippen molar-refractivity contribution in [3.63, 3.8) is 0 Å². The zero-order chi connectivity index (χ0) is 58.3. The van der Waals surface area contributed by atoms with Crippen molar-refractivity contribution >= 4 is 72.2 Å². The first-order valence-corrected chi connectivity index (χ1v) is 32.1. The summed E-state index contributed by atoms with van der Waals surface area (Å²) >= 11 is 7.79. The molecular weight excluding hydrogens is 1120 g/mol. The van der Waals surface area contributed by atoms with Gasteiger partial charge in [0.15, 0.2) is 0 Å². The van der Waals surface area contributed by atoms with Crippen LogP contribution in [0.5, 0.6) is 0 Å². The molecule has 2 N–H and O–H groups in total. The van der Waals surface area contributed by atoms with Gasteiger partial charge in [0.25, 0.3) is 25.8 Å². The van der Waals surface area contributed by atoms with E-state index in [1.807, 2.05) is 72.9 Å². The van der Waals surface area contributed by atoms with Gasteiger partial charge >= 0.3 is 11.6 Å². The highest BCUT2D eigenvalue weighted by Gasteiger charge is 2.49. The Morgan fingerprint density at radius 2 is 1.52 bits per heavy atom. The lowest BCUT2D eigenvalue weighted by molar-refractivity contribution is -0.0436. The number of ether oxygens (including phenoxy) is 2. The number of nitrogens with one attached hydrogen (secondary N) is 2. The molecule has 4 aliphatic rings. The fourth-order valence-corrected chi connectivity index (χ4v) is 14.6. The van der Waals surface area contributed by atoms with Crippen LogP contribution in [0.3, 0.4) is 0 Å². The zero-order valence-electron chi connectivity index (χ0n) is 47.1. The number of hydrogen-bond acceptors (Lipinski definition) is 14. The van der Waals surface area contributed by atoms with Crippen LogP contribution in [-0.2, 0) is 29.3 Å². The van der Waals surface area contributed by atoms with Crippen molar-refractivity contribution in [2.75, 3.05) is 101 Å². The van der Waals surface area contributed by atoms with E-state index in [0.717, 1.165) is 94.2 Å². The topological polar surface area (TPSA) is 161 Å². The van der Waals surface area contributed by atoms with E-state index >= 15 is 0 Å². The first kappa shape index (κ1) is 62.2. The molecule has 0 aromatic heterocycles. The molecule has 0 saturated carbocycles. The Kier molecular flexibility index (Phi) is 20.2. The normalized spacial score (nSPS) is 21.8. The Morgan fingerprint density at radius 1 is 0.840 bits per heavy atom. The Bertz CT molecular complexity index is 3050. The van der Waals surface area contributed by atoms with Crippen LogP contribution >= 0.6 is 23.4 Å². The largest absolute Gasteiger partial charge is 0.501 e. The maximum absolute atomic E-state index is 14.3. The third-order valence-electron chi connectivity index (χ3n) is 15.5. The number of sulfonamides is 1. The van der Waals surface area contributed by atoms with E-state index in [-0.39, 0.29) is 29.2 Å². The van der Waals surface area contributed by atoms with Gasteiger partial charge in [0.1, 0.15) is 10.5 Å². The van der Waals surface area contributed by atoms with Gasteiger partial charge in [-0.05, 0) is 150 Å². The monoisotopic (exact) mass is 1200 g/mol. The molecule has 1 aliphatic carbocycles. The van der Waals surface area contributed by atoms with Crippen molar-refractivity contribution < 1.29 is 49.1 Å². The minimum atomic E-state index is -6.09. The van der Waals surface area contributed by atoms with E-state index in [1.165, 1.54) is 40.6 Å². The molecule has 2 amide bonds. The van der Waals surface area contributed by atoms with Gasteiger partial charge < -0.3 is 29.5 Å². The number of carbonyl (C=O) groups excluding carboxylic acids is 2. The van der Waals surface area contributed by atoms with Crippen molar-refractivity contribution in [3.8, 4) is 0 Å². The fourth-order valence-electron chi connectivity index (χ4n) is 11.5. The Labute approximate surface area is 485 Å². The molecule has 0 bridgehead atoms. The van der Waals surface area contributed by atoms with Gasteiger partial charge in [-0.2, -0.15) is 13.2 Å². The average Bonchev–Trinajstić information content (AvgIpc) is 3.78. The molecule has 4 unspecified atom stereocenters. The quantitative estimate of drug-likeness (QED) is 0.0906. The highest BCUT2D eigenvalue weighted by Crippen LogP contribution is 2.45. The van der Waals surface area contributed by atoms with Gasteiger partial charge in [-0.15, -0.1) is 11.8 Å². The highest BCUT2D eigenvalue weighted by atomic mass is 35.5. The second-order valence-electron chi connectivity index (χ2n) is 23.3. The molecule has 4 atom stereocenters. The summed E-state index contributed by atoms with van der Waals surface area (Å²) in [6.07, 6.45) is 3.83. The molecule has 4 aromatic carbocycles. The lowest BCUT2D eigenvalue weighted by Gasteiger charge is -2.48. The molecule has 3 fully saturated rings. The van der Waals surface area contributed by atoms with E-state index in [0.29, 0.717) is 62.7 Å². The maximum Gasteiger partial charge on any atom is 0.501 e. The number of alkyl halides is 3. The van der Waals surface area contributed by atoms with Gasteiger partial charge in [-0.1, -0.05) is 54.4 Å². The van der Waals surface area contributed by atoms with Crippen molar-refractivity contribution in [2.45, 2.75) is 118 Å². The maximum atomic E-state index is 14.3. The molecule has 442 valence electrons. The lowest BCUT2D eigenvalue weighted by atomic mass is 9.71. The SMILES string of the molecule is CC1CN(CC2(C)CCC(c3ccc(Cl)cc3)=C(CN3CCN(c4ccc(C(=O)NS(=O)(=O)c5ccc(NC(CCN6CCCOCC6)CSc6ccccc6)c(S(=O)(=O)C(F)(F)F)c5)cc4)CC3)C2)CC(C)N1C(=O)OC(C)(C)C. The number of anilines is 2. The third-order valence-corrected chi connectivity index (χ3v) is 19.8. The van der Waals surface area contributed by atoms with Crippen LogP contribution in [0.1, 0.15) is 89.6 Å². The Balaban J connectivity index is 0.910. The molecule has 3 aliphatic heterocycles. The molecule has 0 radical (unpaired) electrons. The lowest BCUT2D eigenvalue weighted by Crippen LogP contribution is -2.60. The summed E-state index contributed by atoms with van der Waals surface area (Å²) < 4.78 is 110. The number of hydrogen-bond donors (Lipinski definition) is 2. The minimum absolute atomic E-state index is 0.0000985. The van der Waals surface area contributed by atoms with E-state index in [1.54, 1.807) is 12.1 Å². The van der Waals surface area contributed by atoms with Crippen LogP contribution in [-0.4, -0.2) is 169 Å². The van der Waals surface area contributed by atoms with Gasteiger partial charge in [0.05, 0.1) is 17.2 Å². The fraction of sp³-hybridized carbons (Fsp3) is 0.525. The number of carbonyl (C=O) groups is 2. The Morgan fingerprint density at radius 3 is 2.17 bits per heavy atom. The highest BCUT2D eigenvalue weighted by molar-refractivity contribution is 7.99. The van der Waals surface area contributed by atoms with E-state index in [9.17, 15) is 39.6 Å².